The number of allylic oxidation sites excluding steroid dienone is 5. The third-order valence-corrected chi connectivity index (χ3v) is 10.3. The third-order valence-electron chi connectivity index (χ3n) is 10.3. The van der Waals surface area contributed by atoms with Gasteiger partial charge in [0, 0.05) is 22.6 Å². The lowest BCUT2D eigenvalue weighted by Crippen LogP contribution is -2.00. The fourth-order valence-corrected chi connectivity index (χ4v) is 7.70. The van der Waals surface area contributed by atoms with Crippen LogP contribution in [0, 0.1) is 0 Å². The summed E-state index contributed by atoms with van der Waals surface area (Å²) in [4.78, 5) is 10.3. The molecule has 0 saturated heterocycles. The smallest absolute Gasteiger partial charge is 0.160 e. The second kappa shape index (κ2) is 14.1. The summed E-state index contributed by atoms with van der Waals surface area (Å²) in [5.41, 5.74) is 16.4. The van der Waals surface area contributed by atoms with E-state index in [0.29, 0.717) is 5.92 Å². The van der Waals surface area contributed by atoms with Gasteiger partial charge in [-0.2, -0.15) is 0 Å². The molecule has 0 spiro atoms. The number of benzene rings is 6. The van der Waals surface area contributed by atoms with Gasteiger partial charge >= 0.3 is 0 Å². The first-order valence-corrected chi connectivity index (χ1v) is 18.2. The van der Waals surface area contributed by atoms with Crippen molar-refractivity contribution in [1.82, 2.24) is 9.97 Å². The van der Waals surface area contributed by atoms with Crippen LogP contribution in [0.3, 0.4) is 0 Å². The van der Waals surface area contributed by atoms with E-state index < -0.39 is 0 Å². The highest BCUT2D eigenvalue weighted by atomic mass is 14.9. The lowest BCUT2D eigenvalue weighted by molar-refractivity contribution is 0.856. The summed E-state index contributed by atoms with van der Waals surface area (Å²) in [5, 5.41) is 0. The van der Waals surface area contributed by atoms with Crippen molar-refractivity contribution in [2.75, 3.05) is 0 Å². The maximum Gasteiger partial charge on any atom is 0.160 e. The van der Waals surface area contributed by atoms with Crippen LogP contribution in [-0.2, 0) is 6.42 Å². The second-order valence-electron chi connectivity index (χ2n) is 13.6. The molecule has 248 valence electrons. The van der Waals surface area contributed by atoms with Gasteiger partial charge in [0.25, 0.3) is 0 Å². The monoisotopic (exact) mass is 666 g/mol. The highest BCUT2D eigenvalue weighted by Crippen LogP contribution is 2.42. The van der Waals surface area contributed by atoms with Crippen molar-refractivity contribution in [1.29, 1.82) is 0 Å². The minimum Gasteiger partial charge on any atom is -0.228 e. The molecule has 1 aromatic heterocycles. The molecule has 6 aromatic carbocycles. The Bertz CT molecular complexity index is 2500. The van der Waals surface area contributed by atoms with Gasteiger partial charge in [0.15, 0.2) is 5.82 Å². The molecule has 2 aliphatic rings. The Morgan fingerprint density at radius 1 is 0.462 bits per heavy atom. The molecule has 0 saturated carbocycles. The number of aryl methyl sites for hydroxylation is 1. The molecule has 1 unspecified atom stereocenters. The average Bonchev–Trinajstić information content (AvgIpc) is 3.24. The molecule has 2 nitrogen and oxygen atoms in total. The van der Waals surface area contributed by atoms with Gasteiger partial charge in [0.1, 0.15) is 0 Å². The van der Waals surface area contributed by atoms with Gasteiger partial charge in [-0.1, -0.05) is 170 Å². The fraction of sp³-hybridized carbons (Fsp3) is 0.0800. The summed E-state index contributed by atoms with van der Waals surface area (Å²) < 4.78 is 0. The van der Waals surface area contributed by atoms with Crippen molar-refractivity contribution < 1.29 is 0 Å². The van der Waals surface area contributed by atoms with Crippen LogP contribution in [0.1, 0.15) is 35.4 Å². The van der Waals surface area contributed by atoms with E-state index in [1.165, 1.54) is 44.5 Å². The van der Waals surface area contributed by atoms with Gasteiger partial charge in [-0.05, 0) is 87.5 Å². The molecular formula is C50H38N2. The molecule has 7 aromatic rings. The van der Waals surface area contributed by atoms with E-state index in [2.05, 4.69) is 170 Å². The minimum absolute atomic E-state index is 0.359. The lowest BCUT2D eigenvalue weighted by Gasteiger charge is -2.21. The molecular weight excluding hydrogens is 629 g/mol. The quantitative estimate of drug-likeness (QED) is 0.169. The van der Waals surface area contributed by atoms with Crippen LogP contribution in [0.2, 0.25) is 0 Å². The predicted molar refractivity (Wildman–Crippen MR) is 218 cm³/mol. The summed E-state index contributed by atoms with van der Waals surface area (Å²) in [6.45, 7) is 0. The van der Waals surface area contributed by atoms with Crippen molar-refractivity contribution in [3.8, 4) is 67.3 Å². The van der Waals surface area contributed by atoms with Crippen LogP contribution in [-0.4, -0.2) is 9.97 Å². The van der Waals surface area contributed by atoms with Gasteiger partial charge in [-0.15, -0.1) is 0 Å². The standard InChI is InChI=1S/C50H38N2/c1-3-17-36(18-4-1)42-24-9-11-26-44(42)46-28-13-14-29-47(46)45-27-12-10-25-43(45)39-22-15-23-40(33-39)48-34-49(52-50(51-48)37-19-5-2-6-20-37)41-31-30-35-16-7-8-21-38(35)32-41/h1-7,9-17,19-20,22-34,36H,8,18,21H2. The Morgan fingerprint density at radius 2 is 1.10 bits per heavy atom. The fourth-order valence-electron chi connectivity index (χ4n) is 7.70. The normalized spacial score (nSPS) is 14.7. The molecule has 0 radical (unpaired) electrons. The van der Waals surface area contributed by atoms with Crippen LogP contribution < -0.4 is 0 Å². The van der Waals surface area contributed by atoms with Gasteiger partial charge in [0.05, 0.1) is 11.4 Å². The van der Waals surface area contributed by atoms with Gasteiger partial charge in [-0.25, -0.2) is 9.97 Å². The van der Waals surface area contributed by atoms with Crippen molar-refractivity contribution in [2.45, 2.75) is 25.2 Å². The topological polar surface area (TPSA) is 25.8 Å². The molecule has 0 N–H and O–H groups in total. The van der Waals surface area contributed by atoms with Gasteiger partial charge in [0.2, 0.25) is 0 Å². The van der Waals surface area contributed by atoms with E-state index in [9.17, 15) is 0 Å². The van der Waals surface area contributed by atoms with Gasteiger partial charge in [-0.3, -0.25) is 0 Å². The van der Waals surface area contributed by atoms with E-state index in [1.54, 1.807) is 0 Å². The van der Waals surface area contributed by atoms with Crippen LogP contribution >= 0.6 is 0 Å². The molecule has 0 bridgehead atoms. The zero-order chi connectivity index (χ0) is 34.7. The first-order valence-electron chi connectivity index (χ1n) is 18.2. The van der Waals surface area contributed by atoms with E-state index in [-0.39, 0.29) is 0 Å². The molecule has 2 heteroatoms. The van der Waals surface area contributed by atoms with Crippen LogP contribution in [0.4, 0.5) is 0 Å². The Kier molecular flexibility index (Phi) is 8.56. The summed E-state index contributed by atoms with van der Waals surface area (Å²) in [7, 11) is 0. The van der Waals surface area contributed by atoms with Crippen LogP contribution in [0.15, 0.2) is 182 Å². The summed E-state index contributed by atoms with van der Waals surface area (Å²) in [6, 6.07) is 54.5. The van der Waals surface area contributed by atoms with Crippen LogP contribution in [0.5, 0.6) is 0 Å². The third kappa shape index (κ3) is 6.25. The second-order valence-corrected chi connectivity index (χ2v) is 13.6. The molecule has 0 aliphatic heterocycles. The first kappa shape index (κ1) is 31.6. The Morgan fingerprint density at radius 3 is 1.87 bits per heavy atom. The lowest BCUT2D eigenvalue weighted by atomic mass is 9.83. The van der Waals surface area contributed by atoms with Crippen LogP contribution in [0.25, 0.3) is 73.4 Å². The highest BCUT2D eigenvalue weighted by molar-refractivity contribution is 5.93. The molecule has 1 atom stereocenters. The van der Waals surface area contributed by atoms with Crippen molar-refractivity contribution in [2.24, 2.45) is 0 Å². The number of aromatic nitrogens is 2. The largest absolute Gasteiger partial charge is 0.228 e. The predicted octanol–water partition coefficient (Wildman–Crippen LogP) is 13.0. The molecule has 2 aliphatic carbocycles. The zero-order valence-electron chi connectivity index (χ0n) is 29.0. The number of nitrogens with zero attached hydrogens (tertiary/aromatic N) is 2. The molecule has 9 rings (SSSR count). The summed E-state index contributed by atoms with van der Waals surface area (Å²) in [5.74, 6) is 1.09. The SMILES string of the molecule is C1=CCC(c2ccccc2-c2ccccc2-c2ccccc2-c2cccc(-c3cc(-c4ccc5c(c4)CCC=C5)nc(-c4ccccc4)n3)c2)C=C1. The van der Waals surface area contributed by atoms with E-state index >= 15 is 0 Å². The van der Waals surface area contributed by atoms with Crippen molar-refractivity contribution in [3.63, 3.8) is 0 Å². The zero-order valence-corrected chi connectivity index (χ0v) is 29.0. The number of hydrogen-bond acceptors (Lipinski definition) is 2. The Hall–Kier alpha value is -6.38. The maximum atomic E-state index is 5.18. The number of hydrogen-bond donors (Lipinski definition) is 0. The maximum absolute atomic E-state index is 5.18. The summed E-state index contributed by atoms with van der Waals surface area (Å²) in [6.07, 6.45) is 16.5. The molecule has 0 amide bonds. The van der Waals surface area contributed by atoms with E-state index in [1.807, 2.05) is 18.2 Å². The molecule has 52 heavy (non-hydrogen) atoms. The first-order chi connectivity index (χ1) is 25.8. The van der Waals surface area contributed by atoms with Crippen molar-refractivity contribution >= 4 is 6.08 Å². The Balaban J connectivity index is 1.15. The molecule has 1 heterocycles. The van der Waals surface area contributed by atoms with Crippen molar-refractivity contribution in [3.05, 3.63) is 199 Å². The van der Waals surface area contributed by atoms with E-state index in [4.69, 9.17) is 9.97 Å². The number of fused-ring (bicyclic) bond motifs is 1. The van der Waals surface area contributed by atoms with E-state index in [0.717, 1.165) is 58.7 Å². The molecule has 0 fully saturated rings. The Labute approximate surface area is 306 Å². The van der Waals surface area contributed by atoms with Gasteiger partial charge < -0.3 is 0 Å². The number of rotatable bonds is 7. The highest BCUT2D eigenvalue weighted by Gasteiger charge is 2.19. The minimum atomic E-state index is 0.359. The average molecular weight is 667 g/mol. The summed E-state index contributed by atoms with van der Waals surface area (Å²) >= 11 is 0.